The number of aryl methyl sites for hydroxylation is 1. The standard InChI is InChI=1S/C16H25N/c1-2-3-4-7-13-17-16-12-8-10-14-9-5-6-11-15(14)16/h5-6,9,11,16-17H,2-4,7-8,10,12-13H2,1H3. The van der Waals surface area contributed by atoms with Crippen molar-refractivity contribution < 1.29 is 0 Å². The van der Waals surface area contributed by atoms with Gasteiger partial charge in [-0.25, -0.2) is 0 Å². The number of benzene rings is 1. The fraction of sp³-hybridized carbons (Fsp3) is 0.625. The van der Waals surface area contributed by atoms with Crippen molar-refractivity contribution >= 4 is 0 Å². The Hall–Kier alpha value is -0.820. The Bertz CT molecular complexity index is 332. The second-order valence-corrected chi connectivity index (χ2v) is 5.16. The van der Waals surface area contributed by atoms with Gasteiger partial charge in [-0.1, -0.05) is 50.5 Å². The molecule has 0 bridgehead atoms. The number of hydrogen-bond acceptors (Lipinski definition) is 1. The Morgan fingerprint density at radius 2 is 2.06 bits per heavy atom. The zero-order valence-corrected chi connectivity index (χ0v) is 11.0. The average molecular weight is 231 g/mol. The quantitative estimate of drug-likeness (QED) is 0.722. The van der Waals surface area contributed by atoms with Gasteiger partial charge in [-0.3, -0.25) is 0 Å². The van der Waals surface area contributed by atoms with Gasteiger partial charge in [0.2, 0.25) is 0 Å². The van der Waals surface area contributed by atoms with Crippen molar-refractivity contribution in [2.75, 3.05) is 6.54 Å². The molecule has 0 radical (unpaired) electrons. The molecule has 2 rings (SSSR count). The van der Waals surface area contributed by atoms with Crippen molar-refractivity contribution in [3.8, 4) is 0 Å². The van der Waals surface area contributed by atoms with E-state index < -0.39 is 0 Å². The minimum absolute atomic E-state index is 0.613. The maximum absolute atomic E-state index is 3.74. The molecule has 0 saturated heterocycles. The third kappa shape index (κ3) is 3.57. The summed E-state index contributed by atoms with van der Waals surface area (Å²) in [4.78, 5) is 0. The Morgan fingerprint density at radius 3 is 2.94 bits per heavy atom. The van der Waals surface area contributed by atoms with E-state index in [0.29, 0.717) is 6.04 Å². The van der Waals surface area contributed by atoms with E-state index in [1.807, 2.05) is 0 Å². The summed E-state index contributed by atoms with van der Waals surface area (Å²) < 4.78 is 0. The fourth-order valence-electron chi connectivity index (χ4n) is 2.79. The lowest BCUT2D eigenvalue weighted by molar-refractivity contribution is 0.449. The highest BCUT2D eigenvalue weighted by molar-refractivity contribution is 5.32. The number of nitrogens with one attached hydrogen (secondary N) is 1. The van der Waals surface area contributed by atoms with Crippen LogP contribution in [0.3, 0.4) is 0 Å². The van der Waals surface area contributed by atoms with Crippen LogP contribution in [-0.2, 0) is 6.42 Å². The van der Waals surface area contributed by atoms with Crippen LogP contribution in [0.2, 0.25) is 0 Å². The van der Waals surface area contributed by atoms with Gasteiger partial charge in [0.25, 0.3) is 0 Å². The highest BCUT2D eigenvalue weighted by Gasteiger charge is 2.18. The third-order valence-corrected chi connectivity index (χ3v) is 3.79. The Labute approximate surface area is 106 Å². The molecule has 0 heterocycles. The van der Waals surface area contributed by atoms with Crippen molar-refractivity contribution in [1.82, 2.24) is 5.32 Å². The van der Waals surface area contributed by atoms with E-state index in [9.17, 15) is 0 Å². The monoisotopic (exact) mass is 231 g/mol. The minimum atomic E-state index is 0.613. The van der Waals surface area contributed by atoms with Gasteiger partial charge in [0, 0.05) is 6.04 Å². The van der Waals surface area contributed by atoms with Crippen molar-refractivity contribution in [2.45, 2.75) is 57.9 Å². The maximum atomic E-state index is 3.74. The normalized spacial score (nSPS) is 19.0. The molecule has 1 heteroatoms. The van der Waals surface area contributed by atoms with Gasteiger partial charge in [0.1, 0.15) is 0 Å². The predicted molar refractivity (Wildman–Crippen MR) is 74.3 cm³/mol. The van der Waals surface area contributed by atoms with Gasteiger partial charge in [-0.05, 0) is 43.4 Å². The minimum Gasteiger partial charge on any atom is -0.310 e. The highest BCUT2D eigenvalue weighted by Crippen LogP contribution is 2.29. The fourth-order valence-corrected chi connectivity index (χ4v) is 2.79. The molecule has 1 nitrogen and oxygen atoms in total. The van der Waals surface area contributed by atoms with Gasteiger partial charge in [0.15, 0.2) is 0 Å². The summed E-state index contributed by atoms with van der Waals surface area (Å²) in [6.45, 7) is 3.45. The first-order valence-corrected chi connectivity index (χ1v) is 7.23. The molecule has 1 atom stereocenters. The lowest BCUT2D eigenvalue weighted by Crippen LogP contribution is -2.26. The van der Waals surface area contributed by atoms with Crippen LogP contribution in [0.5, 0.6) is 0 Å². The summed E-state index contributed by atoms with van der Waals surface area (Å²) in [5.41, 5.74) is 3.11. The van der Waals surface area contributed by atoms with Crippen molar-refractivity contribution in [3.05, 3.63) is 35.4 Å². The zero-order valence-electron chi connectivity index (χ0n) is 11.0. The van der Waals surface area contributed by atoms with Crippen LogP contribution in [0.15, 0.2) is 24.3 Å². The molecule has 1 N–H and O–H groups in total. The average Bonchev–Trinajstić information content (AvgIpc) is 2.39. The number of fused-ring (bicyclic) bond motifs is 1. The lowest BCUT2D eigenvalue weighted by atomic mass is 9.88. The summed E-state index contributed by atoms with van der Waals surface area (Å²) in [7, 11) is 0. The van der Waals surface area contributed by atoms with E-state index in [-0.39, 0.29) is 0 Å². The first-order chi connectivity index (χ1) is 8.42. The molecule has 1 aromatic rings. The lowest BCUT2D eigenvalue weighted by Gasteiger charge is -2.26. The van der Waals surface area contributed by atoms with E-state index in [1.54, 1.807) is 11.1 Å². The van der Waals surface area contributed by atoms with E-state index in [4.69, 9.17) is 0 Å². The molecule has 0 fully saturated rings. The van der Waals surface area contributed by atoms with E-state index in [2.05, 4.69) is 36.5 Å². The van der Waals surface area contributed by atoms with Crippen molar-refractivity contribution in [2.24, 2.45) is 0 Å². The Kier molecular flexibility index (Phi) is 5.06. The molecular formula is C16H25N. The molecule has 1 aromatic carbocycles. The molecule has 94 valence electrons. The molecule has 0 spiro atoms. The predicted octanol–water partition coefficient (Wildman–Crippen LogP) is 4.23. The first-order valence-electron chi connectivity index (χ1n) is 7.23. The molecular weight excluding hydrogens is 206 g/mol. The van der Waals surface area contributed by atoms with E-state index >= 15 is 0 Å². The number of unbranched alkanes of at least 4 members (excludes halogenated alkanes) is 3. The third-order valence-electron chi connectivity index (χ3n) is 3.79. The topological polar surface area (TPSA) is 12.0 Å². The molecule has 1 aliphatic carbocycles. The van der Waals surface area contributed by atoms with Crippen molar-refractivity contribution in [3.63, 3.8) is 0 Å². The van der Waals surface area contributed by atoms with Gasteiger partial charge < -0.3 is 5.32 Å². The van der Waals surface area contributed by atoms with Crippen LogP contribution in [-0.4, -0.2) is 6.54 Å². The molecule has 1 aliphatic rings. The smallest absolute Gasteiger partial charge is 0.0323 e. The van der Waals surface area contributed by atoms with Crippen LogP contribution >= 0.6 is 0 Å². The second-order valence-electron chi connectivity index (χ2n) is 5.16. The largest absolute Gasteiger partial charge is 0.310 e. The second kappa shape index (κ2) is 6.80. The molecule has 0 aromatic heterocycles. The van der Waals surface area contributed by atoms with Crippen LogP contribution in [0.4, 0.5) is 0 Å². The zero-order chi connectivity index (χ0) is 11.9. The Balaban J connectivity index is 1.82. The van der Waals surface area contributed by atoms with Gasteiger partial charge >= 0.3 is 0 Å². The van der Waals surface area contributed by atoms with Crippen LogP contribution in [0.25, 0.3) is 0 Å². The van der Waals surface area contributed by atoms with Crippen LogP contribution in [0, 0.1) is 0 Å². The van der Waals surface area contributed by atoms with Crippen molar-refractivity contribution in [1.29, 1.82) is 0 Å². The summed E-state index contributed by atoms with van der Waals surface area (Å²) in [5.74, 6) is 0. The molecule has 17 heavy (non-hydrogen) atoms. The number of hydrogen-bond donors (Lipinski definition) is 1. The van der Waals surface area contributed by atoms with E-state index in [0.717, 1.165) is 0 Å². The highest BCUT2D eigenvalue weighted by atomic mass is 14.9. The Morgan fingerprint density at radius 1 is 1.18 bits per heavy atom. The summed E-state index contributed by atoms with van der Waals surface area (Å²) in [6, 6.07) is 9.55. The molecule has 1 unspecified atom stereocenters. The van der Waals surface area contributed by atoms with Crippen LogP contribution in [0.1, 0.15) is 62.6 Å². The van der Waals surface area contributed by atoms with E-state index in [1.165, 1.54) is 51.5 Å². The van der Waals surface area contributed by atoms with Crippen LogP contribution < -0.4 is 5.32 Å². The van der Waals surface area contributed by atoms with Gasteiger partial charge in [0.05, 0.1) is 0 Å². The summed E-state index contributed by atoms with van der Waals surface area (Å²) >= 11 is 0. The molecule has 0 aliphatic heterocycles. The first kappa shape index (κ1) is 12.6. The molecule has 0 amide bonds. The summed E-state index contributed by atoms with van der Waals surface area (Å²) in [6.07, 6.45) is 9.32. The maximum Gasteiger partial charge on any atom is 0.0323 e. The molecule has 0 saturated carbocycles. The number of rotatable bonds is 6. The SMILES string of the molecule is CCCCCCNC1CCCc2ccccc21. The van der Waals surface area contributed by atoms with Gasteiger partial charge in [-0.15, -0.1) is 0 Å². The van der Waals surface area contributed by atoms with Gasteiger partial charge in [-0.2, -0.15) is 0 Å². The summed E-state index contributed by atoms with van der Waals surface area (Å²) in [5, 5.41) is 3.74.